The molecule has 0 aliphatic carbocycles. The number of nitrogen functional groups attached to an aromatic ring is 1. The van der Waals surface area contributed by atoms with Crippen LogP contribution in [-0.2, 0) is 12.8 Å². The minimum Gasteiger partial charge on any atom is -0.384 e. The number of aromatic nitrogens is 2. The smallest absolute Gasteiger partial charge is 0.162 e. The summed E-state index contributed by atoms with van der Waals surface area (Å²) >= 11 is 0. The number of anilines is 1. The van der Waals surface area contributed by atoms with E-state index in [1.807, 2.05) is 6.92 Å². The van der Waals surface area contributed by atoms with Gasteiger partial charge in [-0.2, -0.15) is 5.10 Å². The standard InChI is InChI=1S/C13H23N5/c1-5-9-10(6-2)16-17-13(11(9)12(14)15)18(7-3)8-4/h5-8H2,1-4H3,(H3,14,15). The molecule has 0 saturated heterocycles. The van der Waals surface area contributed by atoms with Crippen LogP contribution >= 0.6 is 0 Å². The largest absolute Gasteiger partial charge is 0.384 e. The van der Waals surface area contributed by atoms with Crippen molar-refractivity contribution in [3.8, 4) is 0 Å². The van der Waals surface area contributed by atoms with Gasteiger partial charge >= 0.3 is 0 Å². The molecule has 1 aromatic rings. The van der Waals surface area contributed by atoms with E-state index < -0.39 is 0 Å². The van der Waals surface area contributed by atoms with Gasteiger partial charge in [0.05, 0.1) is 11.3 Å². The second kappa shape index (κ2) is 6.33. The zero-order valence-electron chi connectivity index (χ0n) is 11.7. The van der Waals surface area contributed by atoms with Crippen molar-refractivity contribution in [2.75, 3.05) is 18.0 Å². The van der Waals surface area contributed by atoms with Crippen molar-refractivity contribution in [1.29, 1.82) is 5.41 Å². The van der Waals surface area contributed by atoms with Crippen molar-refractivity contribution in [2.24, 2.45) is 5.73 Å². The number of nitrogens with zero attached hydrogens (tertiary/aromatic N) is 3. The number of aryl methyl sites for hydroxylation is 1. The minimum atomic E-state index is 0.0818. The molecular formula is C13H23N5. The summed E-state index contributed by atoms with van der Waals surface area (Å²) in [6, 6.07) is 0. The van der Waals surface area contributed by atoms with Crippen LogP contribution in [0.25, 0.3) is 0 Å². The first-order valence-corrected chi connectivity index (χ1v) is 6.58. The Morgan fingerprint density at radius 3 is 2.11 bits per heavy atom. The minimum absolute atomic E-state index is 0.0818. The topological polar surface area (TPSA) is 78.9 Å². The van der Waals surface area contributed by atoms with Gasteiger partial charge < -0.3 is 10.6 Å². The van der Waals surface area contributed by atoms with Crippen LogP contribution in [0.5, 0.6) is 0 Å². The Morgan fingerprint density at radius 1 is 1.11 bits per heavy atom. The molecule has 1 aromatic heterocycles. The van der Waals surface area contributed by atoms with Crippen molar-refractivity contribution in [3.05, 3.63) is 16.8 Å². The third kappa shape index (κ3) is 2.60. The van der Waals surface area contributed by atoms with Gasteiger partial charge in [0.2, 0.25) is 0 Å². The summed E-state index contributed by atoms with van der Waals surface area (Å²) in [6.45, 7) is 9.90. The van der Waals surface area contributed by atoms with E-state index in [2.05, 4.69) is 35.9 Å². The number of nitrogens with one attached hydrogen (secondary N) is 1. The molecule has 18 heavy (non-hydrogen) atoms. The molecule has 0 unspecified atom stereocenters. The third-order valence-electron chi connectivity index (χ3n) is 3.16. The first-order valence-electron chi connectivity index (χ1n) is 6.58. The van der Waals surface area contributed by atoms with Crippen LogP contribution in [0.3, 0.4) is 0 Å². The van der Waals surface area contributed by atoms with Crippen molar-refractivity contribution < 1.29 is 0 Å². The van der Waals surface area contributed by atoms with Crippen LogP contribution < -0.4 is 10.6 Å². The summed E-state index contributed by atoms with van der Waals surface area (Å²) in [5.41, 5.74) is 8.51. The van der Waals surface area contributed by atoms with Gasteiger partial charge in [-0.05, 0) is 32.3 Å². The van der Waals surface area contributed by atoms with Gasteiger partial charge in [0.15, 0.2) is 5.82 Å². The van der Waals surface area contributed by atoms with E-state index in [1.165, 1.54) is 0 Å². The fourth-order valence-corrected chi connectivity index (χ4v) is 2.19. The predicted molar refractivity (Wildman–Crippen MR) is 75.4 cm³/mol. The second-order valence-electron chi connectivity index (χ2n) is 4.12. The summed E-state index contributed by atoms with van der Waals surface area (Å²) in [5, 5.41) is 16.4. The maximum absolute atomic E-state index is 7.82. The van der Waals surface area contributed by atoms with E-state index in [4.69, 9.17) is 11.1 Å². The van der Waals surface area contributed by atoms with Gasteiger partial charge in [0, 0.05) is 13.1 Å². The lowest BCUT2D eigenvalue weighted by atomic mass is 10.0. The zero-order chi connectivity index (χ0) is 13.7. The van der Waals surface area contributed by atoms with Gasteiger partial charge in [-0.25, -0.2) is 0 Å². The van der Waals surface area contributed by atoms with E-state index in [9.17, 15) is 0 Å². The summed E-state index contributed by atoms with van der Waals surface area (Å²) in [6.07, 6.45) is 1.64. The molecular weight excluding hydrogens is 226 g/mol. The van der Waals surface area contributed by atoms with Gasteiger partial charge in [-0.15, -0.1) is 5.10 Å². The zero-order valence-corrected chi connectivity index (χ0v) is 11.7. The molecule has 0 amide bonds. The van der Waals surface area contributed by atoms with Crippen LogP contribution in [0.2, 0.25) is 0 Å². The normalized spacial score (nSPS) is 10.4. The third-order valence-corrected chi connectivity index (χ3v) is 3.16. The van der Waals surface area contributed by atoms with Crippen LogP contribution in [0, 0.1) is 5.41 Å². The Bertz CT molecular complexity index is 424. The SMILES string of the molecule is CCc1nnc(N(CC)CC)c(C(=N)N)c1CC. The van der Waals surface area contributed by atoms with Crippen molar-refractivity contribution in [2.45, 2.75) is 40.5 Å². The molecule has 1 rings (SSSR count). The van der Waals surface area contributed by atoms with E-state index in [0.29, 0.717) is 0 Å². The van der Waals surface area contributed by atoms with Crippen molar-refractivity contribution >= 4 is 11.7 Å². The first-order chi connectivity index (χ1) is 8.60. The monoisotopic (exact) mass is 249 g/mol. The maximum atomic E-state index is 7.82. The van der Waals surface area contributed by atoms with Crippen molar-refractivity contribution in [1.82, 2.24) is 10.2 Å². The average molecular weight is 249 g/mol. The quantitative estimate of drug-likeness (QED) is 0.594. The number of amidine groups is 1. The molecule has 3 N–H and O–H groups in total. The molecule has 0 aromatic carbocycles. The Hall–Kier alpha value is -1.65. The molecule has 0 radical (unpaired) electrons. The van der Waals surface area contributed by atoms with Gasteiger partial charge in [0.1, 0.15) is 5.84 Å². The Balaban J connectivity index is 3.48. The summed E-state index contributed by atoms with van der Waals surface area (Å²) in [5.74, 6) is 0.819. The van der Waals surface area contributed by atoms with Gasteiger partial charge in [-0.1, -0.05) is 13.8 Å². The predicted octanol–water partition coefficient (Wildman–Crippen LogP) is 1.73. The van der Waals surface area contributed by atoms with E-state index in [-0.39, 0.29) is 5.84 Å². The molecule has 0 atom stereocenters. The van der Waals surface area contributed by atoms with Gasteiger partial charge in [0.25, 0.3) is 0 Å². The lowest BCUT2D eigenvalue weighted by molar-refractivity contribution is 0.795. The van der Waals surface area contributed by atoms with E-state index in [1.54, 1.807) is 0 Å². The summed E-state index contributed by atoms with van der Waals surface area (Å²) in [4.78, 5) is 2.09. The summed E-state index contributed by atoms with van der Waals surface area (Å²) in [7, 11) is 0. The fourth-order valence-electron chi connectivity index (χ4n) is 2.19. The highest BCUT2D eigenvalue weighted by molar-refractivity contribution is 6.01. The molecule has 5 heteroatoms. The van der Waals surface area contributed by atoms with Crippen LogP contribution in [-0.4, -0.2) is 29.1 Å². The molecule has 1 heterocycles. The molecule has 0 spiro atoms. The molecule has 0 saturated carbocycles. The Morgan fingerprint density at radius 2 is 1.72 bits per heavy atom. The number of hydrogen-bond donors (Lipinski definition) is 2. The lowest BCUT2D eigenvalue weighted by Gasteiger charge is -2.24. The second-order valence-corrected chi connectivity index (χ2v) is 4.12. The fraction of sp³-hybridized carbons (Fsp3) is 0.615. The molecule has 100 valence electrons. The van der Waals surface area contributed by atoms with E-state index >= 15 is 0 Å². The summed E-state index contributed by atoms with van der Waals surface area (Å²) < 4.78 is 0. The van der Waals surface area contributed by atoms with Crippen molar-refractivity contribution in [3.63, 3.8) is 0 Å². The number of nitrogens with two attached hydrogens (primary N) is 1. The highest BCUT2D eigenvalue weighted by atomic mass is 15.3. The molecule has 0 fully saturated rings. The van der Waals surface area contributed by atoms with Crippen LogP contribution in [0.4, 0.5) is 5.82 Å². The molecule has 0 bridgehead atoms. The average Bonchev–Trinajstić information content (AvgIpc) is 2.38. The Kier molecular flexibility index (Phi) is 5.07. The van der Waals surface area contributed by atoms with E-state index in [0.717, 1.165) is 48.6 Å². The van der Waals surface area contributed by atoms with Crippen LogP contribution in [0.15, 0.2) is 0 Å². The molecule has 5 nitrogen and oxygen atoms in total. The highest BCUT2D eigenvalue weighted by Gasteiger charge is 2.19. The lowest BCUT2D eigenvalue weighted by Crippen LogP contribution is -2.29. The number of rotatable bonds is 6. The Labute approximate surface area is 109 Å². The highest BCUT2D eigenvalue weighted by Crippen LogP contribution is 2.23. The molecule has 0 aliphatic rings. The number of hydrogen-bond acceptors (Lipinski definition) is 4. The molecule has 0 aliphatic heterocycles. The first kappa shape index (κ1) is 14.4. The van der Waals surface area contributed by atoms with Crippen LogP contribution in [0.1, 0.15) is 44.5 Å². The van der Waals surface area contributed by atoms with Gasteiger partial charge in [-0.3, -0.25) is 5.41 Å². The maximum Gasteiger partial charge on any atom is 0.162 e.